The van der Waals surface area contributed by atoms with Crippen molar-refractivity contribution in [3.63, 3.8) is 0 Å². The van der Waals surface area contributed by atoms with Crippen molar-refractivity contribution in [1.82, 2.24) is 14.7 Å². The zero-order chi connectivity index (χ0) is 23.1. The Bertz CT molecular complexity index is 907. The van der Waals surface area contributed by atoms with E-state index in [9.17, 15) is 9.59 Å². The third kappa shape index (κ3) is 5.68. The molecule has 0 N–H and O–H groups in total. The van der Waals surface area contributed by atoms with Gasteiger partial charge in [-0.3, -0.25) is 14.6 Å². The molecule has 0 radical (unpaired) electrons. The first-order valence-corrected chi connectivity index (χ1v) is 11.5. The third-order valence-corrected chi connectivity index (χ3v) is 6.44. The highest BCUT2D eigenvalue weighted by Gasteiger charge is 2.33. The summed E-state index contributed by atoms with van der Waals surface area (Å²) in [6.07, 6.45) is 0. The number of hydrogen-bond donors (Lipinski definition) is 0. The molecule has 1 saturated heterocycles. The van der Waals surface area contributed by atoms with E-state index >= 15 is 0 Å². The highest BCUT2D eigenvalue weighted by atomic mass is 35.5. The molecule has 0 bridgehead atoms. The standard InChI is InChI=1S/C25H32ClN3O3/c1-4-27(5-2)18-19-10-12-20(13-11-19)24(30)29-16-14-28(15-17-29)23(25(31)32-3)21-8-6-7-9-22(21)26/h6-13,23H,4-5,14-18H2,1-3H3. The molecule has 1 heterocycles. The van der Waals surface area contributed by atoms with Crippen molar-refractivity contribution < 1.29 is 14.3 Å². The Balaban J connectivity index is 1.64. The summed E-state index contributed by atoms with van der Waals surface area (Å²) in [5, 5.41) is 0.534. The van der Waals surface area contributed by atoms with Crippen LogP contribution >= 0.6 is 11.6 Å². The molecule has 0 spiro atoms. The summed E-state index contributed by atoms with van der Waals surface area (Å²) >= 11 is 6.36. The van der Waals surface area contributed by atoms with Crippen molar-refractivity contribution in [3.05, 3.63) is 70.2 Å². The van der Waals surface area contributed by atoms with Crippen molar-refractivity contribution in [2.75, 3.05) is 46.4 Å². The maximum absolute atomic E-state index is 13.0. The number of halogens is 1. The fourth-order valence-electron chi connectivity index (χ4n) is 4.11. The van der Waals surface area contributed by atoms with E-state index in [-0.39, 0.29) is 11.9 Å². The lowest BCUT2D eigenvalue weighted by Crippen LogP contribution is -2.51. The monoisotopic (exact) mass is 457 g/mol. The van der Waals surface area contributed by atoms with Crippen molar-refractivity contribution in [1.29, 1.82) is 0 Å². The number of benzene rings is 2. The Hall–Kier alpha value is -2.41. The summed E-state index contributed by atoms with van der Waals surface area (Å²) in [5.41, 5.74) is 2.62. The lowest BCUT2D eigenvalue weighted by Gasteiger charge is -2.38. The van der Waals surface area contributed by atoms with Crippen LogP contribution in [0.2, 0.25) is 5.02 Å². The molecule has 0 aliphatic carbocycles. The second kappa shape index (κ2) is 11.5. The van der Waals surface area contributed by atoms with Crippen molar-refractivity contribution in [2.45, 2.75) is 26.4 Å². The average molecular weight is 458 g/mol. The van der Waals surface area contributed by atoms with Gasteiger partial charge in [0.25, 0.3) is 5.91 Å². The van der Waals surface area contributed by atoms with Gasteiger partial charge in [0, 0.05) is 43.3 Å². The Kier molecular flexibility index (Phi) is 8.67. The van der Waals surface area contributed by atoms with Gasteiger partial charge >= 0.3 is 5.97 Å². The van der Waals surface area contributed by atoms with Gasteiger partial charge in [-0.05, 0) is 42.4 Å². The number of piperazine rings is 1. The molecule has 1 aliphatic rings. The minimum Gasteiger partial charge on any atom is -0.468 e. The molecule has 3 rings (SSSR count). The van der Waals surface area contributed by atoms with Crippen molar-refractivity contribution >= 4 is 23.5 Å². The smallest absolute Gasteiger partial charge is 0.327 e. The zero-order valence-electron chi connectivity index (χ0n) is 19.1. The summed E-state index contributed by atoms with van der Waals surface area (Å²) in [7, 11) is 1.38. The number of amides is 1. The van der Waals surface area contributed by atoms with Gasteiger partial charge in [-0.15, -0.1) is 0 Å². The zero-order valence-corrected chi connectivity index (χ0v) is 19.8. The van der Waals surface area contributed by atoms with Crippen molar-refractivity contribution in [2.24, 2.45) is 0 Å². The first-order valence-electron chi connectivity index (χ1n) is 11.1. The fraction of sp³-hybridized carbons (Fsp3) is 0.440. The van der Waals surface area contributed by atoms with Gasteiger partial charge in [0.15, 0.2) is 0 Å². The van der Waals surface area contributed by atoms with E-state index in [1.807, 2.05) is 52.3 Å². The number of rotatable bonds is 8. The Morgan fingerprint density at radius 1 is 1.00 bits per heavy atom. The molecule has 1 fully saturated rings. The molecule has 1 aliphatic heterocycles. The third-order valence-electron chi connectivity index (χ3n) is 6.09. The lowest BCUT2D eigenvalue weighted by atomic mass is 10.0. The molecule has 1 atom stereocenters. The number of hydrogen-bond acceptors (Lipinski definition) is 5. The molecule has 0 aromatic heterocycles. The van der Waals surface area contributed by atoms with Crippen LogP contribution in [0.1, 0.15) is 41.4 Å². The summed E-state index contributed by atoms with van der Waals surface area (Å²) < 4.78 is 5.05. The second-order valence-electron chi connectivity index (χ2n) is 7.93. The maximum atomic E-state index is 13.0. The number of methoxy groups -OCH3 is 1. The highest BCUT2D eigenvalue weighted by Crippen LogP contribution is 2.29. The van der Waals surface area contributed by atoms with Gasteiger partial charge in [-0.2, -0.15) is 0 Å². The van der Waals surface area contributed by atoms with Gasteiger partial charge in [0.2, 0.25) is 0 Å². The van der Waals surface area contributed by atoms with Gasteiger partial charge < -0.3 is 9.64 Å². The van der Waals surface area contributed by atoms with E-state index in [2.05, 4.69) is 18.7 Å². The van der Waals surface area contributed by atoms with Gasteiger partial charge in [0.1, 0.15) is 6.04 Å². The first kappa shape index (κ1) is 24.2. The molecule has 1 amide bonds. The van der Waals surface area contributed by atoms with E-state index in [0.29, 0.717) is 36.8 Å². The fourth-order valence-corrected chi connectivity index (χ4v) is 4.34. The quantitative estimate of drug-likeness (QED) is 0.563. The lowest BCUT2D eigenvalue weighted by molar-refractivity contribution is -0.148. The Morgan fingerprint density at radius 2 is 1.62 bits per heavy atom. The van der Waals surface area contributed by atoms with Gasteiger partial charge in [0.05, 0.1) is 7.11 Å². The number of carbonyl (C=O) groups excluding carboxylic acids is 2. The molecular weight excluding hydrogens is 426 g/mol. The molecule has 7 heteroatoms. The predicted molar refractivity (Wildman–Crippen MR) is 127 cm³/mol. The summed E-state index contributed by atoms with van der Waals surface area (Å²) in [6, 6.07) is 14.6. The van der Waals surface area contributed by atoms with Crippen LogP contribution in [0.3, 0.4) is 0 Å². The molecule has 2 aromatic carbocycles. The number of ether oxygens (including phenoxy) is 1. The Morgan fingerprint density at radius 3 is 2.19 bits per heavy atom. The van der Waals surface area contributed by atoms with E-state index in [1.165, 1.54) is 12.7 Å². The van der Waals surface area contributed by atoms with E-state index < -0.39 is 6.04 Å². The van der Waals surface area contributed by atoms with Crippen LogP contribution in [-0.4, -0.2) is 73.0 Å². The molecule has 0 saturated carbocycles. The predicted octanol–water partition coefficient (Wildman–Crippen LogP) is 3.85. The van der Waals surface area contributed by atoms with Crippen LogP contribution in [0, 0.1) is 0 Å². The molecule has 6 nitrogen and oxygen atoms in total. The van der Waals surface area contributed by atoms with Crippen LogP contribution in [0.15, 0.2) is 48.5 Å². The molecule has 2 aromatic rings. The minimum absolute atomic E-state index is 0.0198. The summed E-state index contributed by atoms with van der Waals surface area (Å²) in [5.74, 6) is -0.326. The minimum atomic E-state index is -0.578. The first-order chi connectivity index (χ1) is 15.5. The average Bonchev–Trinajstić information content (AvgIpc) is 2.84. The molecule has 172 valence electrons. The van der Waals surface area contributed by atoms with Gasteiger partial charge in [-0.1, -0.05) is 55.8 Å². The molecular formula is C25H32ClN3O3. The summed E-state index contributed by atoms with van der Waals surface area (Å²) in [4.78, 5) is 31.8. The number of nitrogens with zero attached hydrogens (tertiary/aromatic N) is 3. The normalized spacial score (nSPS) is 15.6. The van der Waals surface area contributed by atoms with E-state index in [0.717, 1.165) is 25.2 Å². The van der Waals surface area contributed by atoms with Crippen LogP contribution in [-0.2, 0) is 16.1 Å². The van der Waals surface area contributed by atoms with Gasteiger partial charge in [-0.25, -0.2) is 4.79 Å². The van der Waals surface area contributed by atoms with Crippen LogP contribution in [0.5, 0.6) is 0 Å². The largest absolute Gasteiger partial charge is 0.468 e. The maximum Gasteiger partial charge on any atom is 0.327 e. The van der Waals surface area contributed by atoms with Crippen molar-refractivity contribution in [3.8, 4) is 0 Å². The highest BCUT2D eigenvalue weighted by molar-refractivity contribution is 6.31. The number of esters is 1. The van der Waals surface area contributed by atoms with E-state index in [1.54, 1.807) is 6.07 Å². The second-order valence-corrected chi connectivity index (χ2v) is 8.34. The summed E-state index contributed by atoms with van der Waals surface area (Å²) in [6.45, 7) is 9.40. The molecule has 32 heavy (non-hydrogen) atoms. The topological polar surface area (TPSA) is 53.1 Å². The SMILES string of the molecule is CCN(CC)Cc1ccc(C(=O)N2CCN(C(C(=O)OC)c3ccccc3Cl)CC2)cc1. The Labute approximate surface area is 195 Å². The van der Waals surface area contributed by atoms with Crippen LogP contribution < -0.4 is 0 Å². The number of carbonyl (C=O) groups is 2. The van der Waals surface area contributed by atoms with Crippen LogP contribution in [0.25, 0.3) is 0 Å². The molecule has 1 unspecified atom stereocenters. The van der Waals surface area contributed by atoms with E-state index in [4.69, 9.17) is 16.3 Å². The van der Waals surface area contributed by atoms with Crippen LogP contribution in [0.4, 0.5) is 0 Å².